The van der Waals surface area contributed by atoms with Crippen LogP contribution in [-0.2, 0) is 14.3 Å². The number of hydrogen-bond donors (Lipinski definition) is 6. The Morgan fingerprint density at radius 2 is 1.26 bits per heavy atom. The van der Waals surface area contributed by atoms with Gasteiger partial charge in [0.2, 0.25) is 0 Å². The molecule has 0 saturated heterocycles. The Labute approximate surface area is 136 Å². The number of hydrogen-bond acceptors (Lipinski definition) is 7. The molecule has 0 aliphatic rings. The zero-order chi connectivity index (χ0) is 18.5. The summed E-state index contributed by atoms with van der Waals surface area (Å²) in [6, 6.07) is 0. The van der Waals surface area contributed by atoms with Gasteiger partial charge in [0.05, 0.1) is 32.5 Å². The van der Waals surface area contributed by atoms with Crippen molar-refractivity contribution < 1.29 is 45.0 Å². The summed E-state index contributed by atoms with van der Waals surface area (Å²) in [5.74, 6) is -1.74. The molecule has 6 N–H and O–H groups in total. The molecular weight excluding hydrogens is 312 g/mol. The van der Waals surface area contributed by atoms with Gasteiger partial charge in [0.1, 0.15) is 0 Å². The van der Waals surface area contributed by atoms with Gasteiger partial charge in [0, 0.05) is 19.4 Å². The molecule has 0 aliphatic carbocycles. The maximum Gasteiger partial charge on any atom is 0.303 e. The Balaban J connectivity index is -0.000000272. The van der Waals surface area contributed by atoms with Crippen molar-refractivity contribution in [2.75, 3.05) is 33.0 Å². The minimum atomic E-state index is -0.870. The minimum Gasteiger partial charge on any atom is -0.481 e. The summed E-state index contributed by atoms with van der Waals surface area (Å²) < 4.78 is 4.63. The van der Waals surface area contributed by atoms with Crippen molar-refractivity contribution in [3.8, 4) is 0 Å². The molecule has 0 heterocycles. The molecule has 0 aliphatic heterocycles. The topological polar surface area (TPSA) is 165 Å². The lowest BCUT2D eigenvalue weighted by molar-refractivity contribution is -0.139. The van der Waals surface area contributed by atoms with E-state index in [-0.39, 0.29) is 38.8 Å². The van der Waals surface area contributed by atoms with Gasteiger partial charge in [0.15, 0.2) is 0 Å². The molecule has 0 aromatic rings. The quantitative estimate of drug-likeness (QED) is 0.270. The van der Waals surface area contributed by atoms with Crippen LogP contribution in [0, 0.1) is 0 Å². The van der Waals surface area contributed by atoms with E-state index in [1.807, 2.05) is 0 Å². The second-order valence-corrected chi connectivity index (χ2v) is 4.42. The van der Waals surface area contributed by atoms with Crippen molar-refractivity contribution >= 4 is 11.9 Å². The van der Waals surface area contributed by atoms with Gasteiger partial charge in [-0.3, -0.25) is 9.59 Å². The van der Waals surface area contributed by atoms with Crippen molar-refractivity contribution in [2.24, 2.45) is 0 Å². The highest BCUT2D eigenvalue weighted by Crippen LogP contribution is 1.98. The molecular formula is C14H30O9. The van der Waals surface area contributed by atoms with Crippen LogP contribution in [-0.4, -0.2) is 81.7 Å². The fourth-order valence-electron chi connectivity index (χ4n) is 0.970. The Hall–Kier alpha value is -1.26. The molecule has 0 rings (SSSR count). The molecule has 1 unspecified atom stereocenters. The fraction of sp³-hybridized carbons (Fsp3) is 0.857. The largest absolute Gasteiger partial charge is 0.481 e. The first-order valence-corrected chi connectivity index (χ1v) is 7.33. The number of unbranched alkanes of at least 4 members (excludes halogenated alkanes) is 1. The fourth-order valence-corrected chi connectivity index (χ4v) is 0.970. The van der Waals surface area contributed by atoms with Crippen molar-refractivity contribution in [3.05, 3.63) is 0 Å². The number of rotatable bonds is 11. The van der Waals surface area contributed by atoms with E-state index < -0.39 is 11.9 Å². The van der Waals surface area contributed by atoms with E-state index in [1.54, 1.807) is 6.92 Å². The molecule has 0 radical (unpaired) electrons. The Bertz CT molecular complexity index is 237. The third-order valence-electron chi connectivity index (χ3n) is 2.05. The van der Waals surface area contributed by atoms with Crippen LogP contribution in [0.2, 0.25) is 0 Å². The zero-order valence-corrected chi connectivity index (χ0v) is 13.6. The van der Waals surface area contributed by atoms with Crippen LogP contribution in [0.5, 0.6) is 0 Å². The summed E-state index contributed by atoms with van der Waals surface area (Å²) in [4.78, 5) is 19.8. The van der Waals surface area contributed by atoms with Crippen molar-refractivity contribution in [3.63, 3.8) is 0 Å². The highest BCUT2D eigenvalue weighted by Gasteiger charge is 1.99. The summed E-state index contributed by atoms with van der Waals surface area (Å²) in [5, 5.41) is 48.9. The summed E-state index contributed by atoms with van der Waals surface area (Å²) in [5.41, 5.74) is 0. The first-order valence-electron chi connectivity index (χ1n) is 7.33. The first-order chi connectivity index (χ1) is 10.8. The van der Waals surface area contributed by atoms with Gasteiger partial charge in [-0.25, -0.2) is 0 Å². The third kappa shape index (κ3) is 44.9. The summed E-state index contributed by atoms with van der Waals surface area (Å²) in [6.07, 6.45) is 1.15. The van der Waals surface area contributed by atoms with Crippen LogP contribution < -0.4 is 0 Å². The first kappa shape index (κ1) is 26.6. The van der Waals surface area contributed by atoms with E-state index in [0.29, 0.717) is 32.5 Å². The van der Waals surface area contributed by atoms with E-state index in [0.717, 1.165) is 0 Å². The van der Waals surface area contributed by atoms with Gasteiger partial charge in [-0.1, -0.05) is 0 Å². The number of ether oxygens (including phenoxy) is 1. The molecule has 140 valence electrons. The highest BCUT2D eigenvalue weighted by atomic mass is 16.5. The summed E-state index contributed by atoms with van der Waals surface area (Å²) in [6.45, 7) is 2.43. The van der Waals surface area contributed by atoms with E-state index in [2.05, 4.69) is 4.74 Å². The standard InChI is InChI=1S/C6H10O4.C4H10O3.C4H10O2/c7-5(8)3-1-2-4-6(9)10;5-1-3-7-4-2-6;1-4(6)2-3-5/h1-4H2,(H,7,8)(H,9,10);5-6H,1-4H2;4-6H,2-3H2,1H3. The van der Waals surface area contributed by atoms with Gasteiger partial charge >= 0.3 is 11.9 Å². The summed E-state index contributed by atoms with van der Waals surface area (Å²) >= 11 is 0. The van der Waals surface area contributed by atoms with Crippen molar-refractivity contribution in [1.82, 2.24) is 0 Å². The lowest BCUT2D eigenvalue weighted by atomic mass is 10.2. The second-order valence-electron chi connectivity index (χ2n) is 4.42. The number of carboxylic acids is 2. The van der Waals surface area contributed by atoms with Gasteiger partial charge in [-0.15, -0.1) is 0 Å². The van der Waals surface area contributed by atoms with Crippen LogP contribution >= 0.6 is 0 Å². The molecule has 0 saturated carbocycles. The molecule has 23 heavy (non-hydrogen) atoms. The normalized spacial score (nSPS) is 10.7. The lowest BCUT2D eigenvalue weighted by Gasteiger charge is -1.95. The van der Waals surface area contributed by atoms with E-state index in [1.165, 1.54) is 0 Å². The van der Waals surface area contributed by atoms with Crippen LogP contribution in [0.15, 0.2) is 0 Å². The van der Waals surface area contributed by atoms with Crippen LogP contribution in [0.3, 0.4) is 0 Å². The Kier molecular flexibility index (Phi) is 26.6. The molecule has 1 atom stereocenters. The van der Waals surface area contributed by atoms with E-state index in [4.69, 9.17) is 30.6 Å². The average Bonchev–Trinajstić information content (AvgIpc) is 2.45. The highest BCUT2D eigenvalue weighted by molar-refractivity contribution is 5.67. The number of aliphatic hydroxyl groups excluding tert-OH is 4. The maximum absolute atomic E-state index is 9.90. The molecule has 0 fully saturated rings. The summed E-state index contributed by atoms with van der Waals surface area (Å²) in [7, 11) is 0. The molecule has 0 bridgehead atoms. The van der Waals surface area contributed by atoms with Crippen LogP contribution in [0.25, 0.3) is 0 Å². The van der Waals surface area contributed by atoms with Crippen molar-refractivity contribution in [1.29, 1.82) is 0 Å². The molecule has 0 spiro atoms. The zero-order valence-electron chi connectivity index (χ0n) is 13.6. The van der Waals surface area contributed by atoms with Crippen molar-refractivity contribution in [2.45, 2.75) is 45.1 Å². The second kappa shape index (κ2) is 23.0. The van der Waals surface area contributed by atoms with Gasteiger partial charge in [-0.2, -0.15) is 0 Å². The van der Waals surface area contributed by atoms with Crippen LogP contribution in [0.1, 0.15) is 39.0 Å². The number of carboxylic acid groups (broad SMARTS) is 2. The van der Waals surface area contributed by atoms with Gasteiger partial charge < -0.3 is 35.4 Å². The average molecular weight is 342 g/mol. The minimum absolute atomic E-state index is 0.0278. The SMILES string of the molecule is CC(O)CCO.O=C(O)CCCCC(=O)O.OCCOCCO. The Morgan fingerprint density at radius 3 is 1.43 bits per heavy atom. The predicted octanol–water partition coefficient (Wildman–Crippen LogP) is -0.547. The number of aliphatic carboxylic acids is 2. The predicted molar refractivity (Wildman–Crippen MR) is 82.1 cm³/mol. The molecule has 9 nitrogen and oxygen atoms in total. The van der Waals surface area contributed by atoms with E-state index in [9.17, 15) is 9.59 Å². The van der Waals surface area contributed by atoms with Gasteiger partial charge in [0.25, 0.3) is 0 Å². The monoisotopic (exact) mass is 342 g/mol. The third-order valence-corrected chi connectivity index (χ3v) is 2.05. The molecule has 0 aromatic heterocycles. The lowest BCUT2D eigenvalue weighted by Crippen LogP contribution is -2.03. The van der Waals surface area contributed by atoms with Crippen LogP contribution in [0.4, 0.5) is 0 Å². The molecule has 0 amide bonds. The molecule has 0 aromatic carbocycles. The molecule has 9 heteroatoms. The number of aliphatic hydroxyl groups is 4. The van der Waals surface area contributed by atoms with Gasteiger partial charge in [-0.05, 0) is 26.2 Å². The maximum atomic E-state index is 9.90. The Morgan fingerprint density at radius 1 is 0.870 bits per heavy atom. The number of carbonyl (C=O) groups is 2. The smallest absolute Gasteiger partial charge is 0.303 e. The van der Waals surface area contributed by atoms with E-state index >= 15 is 0 Å².